The molecular weight excluding hydrogens is 138 g/mol. The van der Waals surface area contributed by atoms with Gasteiger partial charge in [0.1, 0.15) is 0 Å². The summed E-state index contributed by atoms with van der Waals surface area (Å²) in [6.45, 7) is 2.06. The molecule has 0 unspecified atom stereocenters. The van der Waals surface area contributed by atoms with Crippen molar-refractivity contribution < 1.29 is 0 Å². The van der Waals surface area contributed by atoms with E-state index < -0.39 is 0 Å². The van der Waals surface area contributed by atoms with Gasteiger partial charge in [0, 0.05) is 13.2 Å². The van der Waals surface area contributed by atoms with Crippen LogP contribution < -0.4 is 5.73 Å². The molecule has 0 spiro atoms. The summed E-state index contributed by atoms with van der Waals surface area (Å²) in [6, 6.07) is 0. The van der Waals surface area contributed by atoms with Gasteiger partial charge in [-0.2, -0.15) is 5.10 Å². The van der Waals surface area contributed by atoms with Gasteiger partial charge in [-0.1, -0.05) is 0 Å². The van der Waals surface area contributed by atoms with Gasteiger partial charge in [-0.25, -0.2) is 0 Å². The highest BCUT2D eigenvalue weighted by molar-refractivity contribution is 5.28. The van der Waals surface area contributed by atoms with Crippen molar-refractivity contribution >= 4 is 0 Å². The quantitative estimate of drug-likeness (QED) is 0.641. The highest BCUT2D eigenvalue weighted by atomic mass is 15.3. The van der Waals surface area contributed by atoms with Crippen molar-refractivity contribution in [3.05, 3.63) is 17.5 Å². The average molecular weight is 151 g/mol. The molecule has 3 heteroatoms. The Kier molecular flexibility index (Phi) is 1.16. The molecule has 1 saturated carbocycles. The minimum absolute atomic E-state index is 0.0780. The molecule has 0 aromatic carbocycles. The zero-order chi connectivity index (χ0) is 8.06. The van der Waals surface area contributed by atoms with Crippen LogP contribution in [0.3, 0.4) is 0 Å². The normalized spacial score (nSPS) is 20.3. The van der Waals surface area contributed by atoms with Crippen molar-refractivity contribution in [3.8, 4) is 0 Å². The first-order valence-electron chi connectivity index (χ1n) is 3.91. The van der Waals surface area contributed by atoms with E-state index in [1.165, 1.54) is 5.56 Å². The monoisotopic (exact) mass is 151 g/mol. The van der Waals surface area contributed by atoms with Gasteiger partial charge in [-0.05, 0) is 25.3 Å². The van der Waals surface area contributed by atoms with Crippen LogP contribution in [0.15, 0.2) is 6.20 Å². The molecule has 2 N–H and O–H groups in total. The minimum atomic E-state index is -0.0780. The number of nitrogens with two attached hydrogens (primary N) is 1. The third-order valence-electron chi connectivity index (χ3n) is 2.27. The number of rotatable bonds is 1. The van der Waals surface area contributed by atoms with E-state index in [2.05, 4.69) is 12.0 Å². The molecule has 11 heavy (non-hydrogen) atoms. The van der Waals surface area contributed by atoms with Crippen molar-refractivity contribution in [2.45, 2.75) is 25.3 Å². The lowest BCUT2D eigenvalue weighted by molar-refractivity contribution is 0.657. The standard InChI is InChI=1S/C8H13N3/c1-6-5-11(2)10-7(6)8(9)3-4-8/h5H,3-4,9H2,1-2H3. The molecule has 3 nitrogen and oxygen atoms in total. The van der Waals surface area contributed by atoms with Crippen molar-refractivity contribution in [2.24, 2.45) is 12.8 Å². The molecule has 0 saturated heterocycles. The first kappa shape index (κ1) is 6.85. The fourth-order valence-electron chi connectivity index (χ4n) is 1.47. The highest BCUT2D eigenvalue weighted by Crippen LogP contribution is 2.42. The molecule has 1 heterocycles. The van der Waals surface area contributed by atoms with E-state index in [1.807, 2.05) is 17.9 Å². The molecule has 0 radical (unpaired) electrons. The number of hydrogen-bond donors (Lipinski definition) is 1. The van der Waals surface area contributed by atoms with E-state index in [9.17, 15) is 0 Å². The molecule has 1 aromatic rings. The van der Waals surface area contributed by atoms with Gasteiger partial charge < -0.3 is 5.73 Å². The molecule has 0 bridgehead atoms. The fraction of sp³-hybridized carbons (Fsp3) is 0.625. The Morgan fingerprint density at radius 1 is 1.64 bits per heavy atom. The van der Waals surface area contributed by atoms with Crippen LogP contribution in [0, 0.1) is 6.92 Å². The second-order valence-electron chi connectivity index (χ2n) is 3.49. The highest BCUT2D eigenvalue weighted by Gasteiger charge is 2.43. The smallest absolute Gasteiger partial charge is 0.0852 e. The summed E-state index contributed by atoms with van der Waals surface area (Å²) < 4.78 is 1.83. The fourth-order valence-corrected chi connectivity index (χ4v) is 1.47. The Morgan fingerprint density at radius 3 is 2.64 bits per heavy atom. The van der Waals surface area contributed by atoms with Crippen LogP contribution in [0.1, 0.15) is 24.1 Å². The van der Waals surface area contributed by atoms with Crippen LogP contribution in [0.5, 0.6) is 0 Å². The third-order valence-corrected chi connectivity index (χ3v) is 2.27. The van der Waals surface area contributed by atoms with Gasteiger partial charge in [0.15, 0.2) is 0 Å². The molecule has 1 aromatic heterocycles. The molecule has 1 aliphatic carbocycles. The molecule has 2 rings (SSSR count). The molecule has 0 atom stereocenters. The summed E-state index contributed by atoms with van der Waals surface area (Å²) in [5, 5.41) is 4.34. The van der Waals surface area contributed by atoms with Crippen molar-refractivity contribution in [3.63, 3.8) is 0 Å². The second-order valence-corrected chi connectivity index (χ2v) is 3.49. The van der Waals surface area contributed by atoms with E-state index in [1.54, 1.807) is 0 Å². The van der Waals surface area contributed by atoms with Crippen molar-refractivity contribution in [1.82, 2.24) is 9.78 Å². The Balaban J connectivity index is 2.44. The maximum absolute atomic E-state index is 6.01. The molecular formula is C8H13N3. The topological polar surface area (TPSA) is 43.8 Å². The molecule has 0 aliphatic heterocycles. The Hall–Kier alpha value is -0.830. The molecule has 1 aliphatic rings. The summed E-state index contributed by atoms with van der Waals surface area (Å²) in [6.07, 6.45) is 4.19. The van der Waals surface area contributed by atoms with Gasteiger partial charge in [0.05, 0.1) is 11.2 Å². The van der Waals surface area contributed by atoms with E-state index in [0.717, 1.165) is 18.5 Å². The minimum Gasteiger partial charge on any atom is -0.320 e. The van der Waals surface area contributed by atoms with Gasteiger partial charge in [-0.15, -0.1) is 0 Å². The van der Waals surface area contributed by atoms with Crippen LogP contribution in [0.25, 0.3) is 0 Å². The molecule has 60 valence electrons. The third kappa shape index (κ3) is 0.959. The lowest BCUT2D eigenvalue weighted by Gasteiger charge is -2.04. The average Bonchev–Trinajstić information content (AvgIpc) is 2.55. The van der Waals surface area contributed by atoms with Crippen LogP contribution in [0.4, 0.5) is 0 Å². The maximum Gasteiger partial charge on any atom is 0.0852 e. The van der Waals surface area contributed by atoms with E-state index >= 15 is 0 Å². The Labute approximate surface area is 66.2 Å². The number of hydrogen-bond acceptors (Lipinski definition) is 2. The largest absolute Gasteiger partial charge is 0.320 e. The number of aryl methyl sites for hydroxylation is 2. The second kappa shape index (κ2) is 1.85. The first-order valence-corrected chi connectivity index (χ1v) is 3.91. The summed E-state index contributed by atoms with van der Waals surface area (Å²) in [5.41, 5.74) is 8.23. The van der Waals surface area contributed by atoms with Gasteiger partial charge >= 0.3 is 0 Å². The van der Waals surface area contributed by atoms with Crippen LogP contribution >= 0.6 is 0 Å². The predicted octanol–water partition coefficient (Wildman–Crippen LogP) is 0.676. The maximum atomic E-state index is 6.01. The van der Waals surface area contributed by atoms with Crippen LogP contribution in [-0.2, 0) is 12.6 Å². The Morgan fingerprint density at radius 2 is 2.27 bits per heavy atom. The first-order chi connectivity index (χ1) is 5.12. The van der Waals surface area contributed by atoms with Crippen LogP contribution in [0.2, 0.25) is 0 Å². The molecule has 1 fully saturated rings. The van der Waals surface area contributed by atoms with E-state index in [0.29, 0.717) is 0 Å². The SMILES string of the molecule is Cc1cn(C)nc1C1(N)CC1. The van der Waals surface area contributed by atoms with Gasteiger partial charge in [0.2, 0.25) is 0 Å². The van der Waals surface area contributed by atoms with E-state index in [-0.39, 0.29) is 5.54 Å². The summed E-state index contributed by atoms with van der Waals surface area (Å²) in [5.74, 6) is 0. The zero-order valence-corrected chi connectivity index (χ0v) is 6.96. The number of aromatic nitrogens is 2. The Bertz CT molecular complexity index is 284. The summed E-state index contributed by atoms with van der Waals surface area (Å²) in [7, 11) is 1.93. The zero-order valence-electron chi connectivity index (χ0n) is 6.96. The molecule has 0 amide bonds. The summed E-state index contributed by atoms with van der Waals surface area (Å²) >= 11 is 0. The van der Waals surface area contributed by atoms with Gasteiger partial charge in [0.25, 0.3) is 0 Å². The lowest BCUT2D eigenvalue weighted by Crippen LogP contribution is -2.20. The van der Waals surface area contributed by atoms with Crippen molar-refractivity contribution in [2.75, 3.05) is 0 Å². The van der Waals surface area contributed by atoms with Crippen molar-refractivity contribution in [1.29, 1.82) is 0 Å². The number of nitrogens with zero attached hydrogens (tertiary/aromatic N) is 2. The lowest BCUT2D eigenvalue weighted by atomic mass is 10.1. The van der Waals surface area contributed by atoms with Gasteiger partial charge in [-0.3, -0.25) is 4.68 Å². The van der Waals surface area contributed by atoms with Crippen LogP contribution in [-0.4, -0.2) is 9.78 Å². The predicted molar refractivity (Wildman–Crippen MR) is 43.0 cm³/mol. The van der Waals surface area contributed by atoms with E-state index in [4.69, 9.17) is 5.73 Å². The summed E-state index contributed by atoms with van der Waals surface area (Å²) in [4.78, 5) is 0.